The van der Waals surface area contributed by atoms with Crippen LogP contribution in [0.2, 0.25) is 0 Å². The zero-order valence-corrected chi connectivity index (χ0v) is 15.7. The second-order valence-corrected chi connectivity index (χ2v) is 6.89. The largest absolute Gasteiger partial charge is 0.467 e. The Labute approximate surface area is 157 Å². The number of thioether (sulfide) groups is 1. The van der Waals surface area contributed by atoms with Gasteiger partial charge < -0.3 is 9.73 Å². The van der Waals surface area contributed by atoms with Crippen LogP contribution < -0.4 is 5.32 Å². The van der Waals surface area contributed by atoms with E-state index in [-0.39, 0.29) is 17.7 Å². The average molecular weight is 370 g/mol. The summed E-state index contributed by atoms with van der Waals surface area (Å²) >= 11 is 1.40. The molecule has 26 heavy (non-hydrogen) atoms. The van der Waals surface area contributed by atoms with Gasteiger partial charge in [-0.05, 0) is 25.5 Å². The highest BCUT2D eigenvalue weighted by Gasteiger charge is 2.19. The first kappa shape index (κ1) is 18.3. The lowest BCUT2D eigenvalue weighted by molar-refractivity contribution is -0.118. The molecule has 0 spiro atoms. The van der Waals surface area contributed by atoms with Crippen LogP contribution >= 0.6 is 11.8 Å². The zero-order chi connectivity index (χ0) is 18.4. The number of carbonyl (C=O) groups excluding carboxylic acids is 1. The third kappa shape index (κ3) is 4.35. The van der Waals surface area contributed by atoms with Gasteiger partial charge in [-0.2, -0.15) is 0 Å². The van der Waals surface area contributed by atoms with Crippen molar-refractivity contribution in [3.8, 4) is 11.4 Å². The first-order valence-electron chi connectivity index (χ1n) is 8.61. The van der Waals surface area contributed by atoms with Crippen molar-refractivity contribution in [1.29, 1.82) is 0 Å². The van der Waals surface area contributed by atoms with Crippen LogP contribution in [0.25, 0.3) is 11.4 Å². The van der Waals surface area contributed by atoms with E-state index in [1.54, 1.807) is 12.3 Å². The molecule has 1 atom stereocenters. The Bertz CT molecular complexity index is 831. The lowest BCUT2D eigenvalue weighted by Crippen LogP contribution is -2.24. The van der Waals surface area contributed by atoms with E-state index in [4.69, 9.17) is 4.42 Å². The lowest BCUT2D eigenvalue weighted by Gasteiger charge is -2.16. The highest BCUT2D eigenvalue weighted by molar-refractivity contribution is 7.99. The Morgan fingerprint density at radius 1 is 1.23 bits per heavy atom. The van der Waals surface area contributed by atoms with E-state index >= 15 is 0 Å². The van der Waals surface area contributed by atoms with Crippen LogP contribution in [0.15, 0.2) is 58.3 Å². The minimum Gasteiger partial charge on any atom is -0.467 e. The van der Waals surface area contributed by atoms with E-state index in [1.807, 2.05) is 36.4 Å². The van der Waals surface area contributed by atoms with Crippen molar-refractivity contribution < 1.29 is 9.21 Å². The lowest BCUT2D eigenvalue weighted by atomic mass is 10.2. The van der Waals surface area contributed by atoms with Crippen molar-refractivity contribution in [1.82, 2.24) is 20.1 Å². The molecule has 6 nitrogen and oxygen atoms in total. The summed E-state index contributed by atoms with van der Waals surface area (Å²) in [6.45, 7) is 4.65. The summed E-state index contributed by atoms with van der Waals surface area (Å²) in [7, 11) is 0. The Balaban J connectivity index is 1.69. The molecular formula is C19H22N4O2S. The van der Waals surface area contributed by atoms with Crippen LogP contribution in [0.4, 0.5) is 0 Å². The van der Waals surface area contributed by atoms with E-state index in [1.165, 1.54) is 11.8 Å². The van der Waals surface area contributed by atoms with Gasteiger partial charge >= 0.3 is 0 Å². The molecule has 1 N–H and O–H groups in total. The summed E-state index contributed by atoms with van der Waals surface area (Å²) < 4.78 is 7.33. The summed E-state index contributed by atoms with van der Waals surface area (Å²) in [6.07, 6.45) is 2.55. The van der Waals surface area contributed by atoms with Crippen LogP contribution in [-0.4, -0.2) is 26.4 Å². The number of aromatic nitrogens is 3. The third-order valence-corrected chi connectivity index (χ3v) is 5.04. The van der Waals surface area contributed by atoms with E-state index in [9.17, 15) is 4.79 Å². The van der Waals surface area contributed by atoms with Gasteiger partial charge in [-0.1, -0.05) is 49.0 Å². The molecule has 0 fully saturated rings. The molecule has 0 aliphatic heterocycles. The van der Waals surface area contributed by atoms with Gasteiger partial charge in [0, 0.05) is 11.6 Å². The molecule has 1 unspecified atom stereocenters. The molecular weight excluding hydrogens is 348 g/mol. The first-order chi connectivity index (χ1) is 12.7. The maximum absolute atomic E-state index is 12.1. The van der Waals surface area contributed by atoms with Gasteiger partial charge in [0.15, 0.2) is 11.0 Å². The molecule has 0 aliphatic carbocycles. The Hall–Kier alpha value is -2.54. The highest BCUT2D eigenvalue weighted by atomic mass is 32.2. The Kier molecular flexibility index (Phi) is 6.12. The fraction of sp³-hybridized carbons (Fsp3) is 0.316. The molecule has 0 radical (unpaired) electrons. The summed E-state index contributed by atoms with van der Waals surface area (Å²) in [4.78, 5) is 12.1. The number of carbonyl (C=O) groups is 1. The molecule has 0 saturated carbocycles. The number of rotatable bonds is 8. The third-order valence-electron chi connectivity index (χ3n) is 4.10. The number of hydrogen-bond acceptors (Lipinski definition) is 5. The maximum Gasteiger partial charge on any atom is 0.230 e. The van der Waals surface area contributed by atoms with Crippen molar-refractivity contribution in [3.63, 3.8) is 0 Å². The summed E-state index contributed by atoms with van der Waals surface area (Å²) in [6, 6.07) is 13.9. The van der Waals surface area contributed by atoms with Gasteiger partial charge in [0.25, 0.3) is 0 Å². The maximum atomic E-state index is 12.1. The number of nitrogens with one attached hydrogen (secondary N) is 1. The fourth-order valence-corrected chi connectivity index (χ4v) is 3.39. The number of nitrogens with zero attached hydrogens (tertiary/aromatic N) is 3. The van der Waals surface area contributed by atoms with E-state index < -0.39 is 0 Å². The molecule has 0 aliphatic rings. The fourth-order valence-electron chi connectivity index (χ4n) is 2.52. The number of benzene rings is 1. The summed E-state index contributed by atoms with van der Waals surface area (Å²) in [5, 5.41) is 12.3. The second-order valence-electron chi connectivity index (χ2n) is 5.94. The predicted octanol–water partition coefficient (Wildman–Crippen LogP) is 3.92. The van der Waals surface area contributed by atoms with Crippen LogP contribution in [0.3, 0.4) is 0 Å². The topological polar surface area (TPSA) is 73.0 Å². The van der Waals surface area contributed by atoms with Crippen LogP contribution in [0.1, 0.15) is 32.1 Å². The van der Waals surface area contributed by atoms with E-state index in [2.05, 4.69) is 33.9 Å². The van der Waals surface area contributed by atoms with Crippen molar-refractivity contribution in [2.24, 2.45) is 0 Å². The zero-order valence-electron chi connectivity index (χ0n) is 14.9. The van der Waals surface area contributed by atoms with Crippen LogP contribution in [-0.2, 0) is 11.3 Å². The highest BCUT2D eigenvalue weighted by Crippen LogP contribution is 2.28. The van der Waals surface area contributed by atoms with Gasteiger partial charge in [0.1, 0.15) is 5.76 Å². The minimum atomic E-state index is -0.0636. The quantitative estimate of drug-likeness (QED) is 0.609. The predicted molar refractivity (Wildman–Crippen MR) is 102 cm³/mol. The van der Waals surface area contributed by atoms with Crippen molar-refractivity contribution in [3.05, 3.63) is 54.5 Å². The number of amides is 1. The number of hydrogen-bond donors (Lipinski definition) is 1. The van der Waals surface area contributed by atoms with Crippen molar-refractivity contribution in [2.75, 3.05) is 5.75 Å². The SMILES string of the molecule is CCC(C)n1c(SCC(=O)NCc2ccco2)nnc1-c1ccccc1. The molecule has 3 rings (SSSR count). The normalized spacial score (nSPS) is 12.1. The van der Waals surface area contributed by atoms with Gasteiger partial charge in [-0.3, -0.25) is 9.36 Å². The number of furan rings is 1. The molecule has 2 aromatic heterocycles. The van der Waals surface area contributed by atoms with Crippen molar-refractivity contribution >= 4 is 17.7 Å². The minimum absolute atomic E-state index is 0.0636. The molecule has 7 heteroatoms. The van der Waals surface area contributed by atoms with Gasteiger partial charge in [-0.25, -0.2) is 0 Å². The second kappa shape index (κ2) is 8.71. The average Bonchev–Trinajstić information content (AvgIpc) is 3.34. The summed E-state index contributed by atoms with van der Waals surface area (Å²) in [5.41, 5.74) is 1.02. The van der Waals surface area contributed by atoms with Gasteiger partial charge in [0.05, 0.1) is 18.6 Å². The van der Waals surface area contributed by atoms with E-state index in [0.29, 0.717) is 6.54 Å². The van der Waals surface area contributed by atoms with Gasteiger partial charge in [-0.15, -0.1) is 10.2 Å². The molecule has 2 heterocycles. The smallest absolute Gasteiger partial charge is 0.230 e. The molecule has 0 saturated heterocycles. The molecule has 3 aromatic rings. The summed E-state index contributed by atoms with van der Waals surface area (Å²) in [5.74, 6) is 1.78. The molecule has 1 aromatic carbocycles. The van der Waals surface area contributed by atoms with Gasteiger partial charge in [0.2, 0.25) is 5.91 Å². The molecule has 0 bridgehead atoms. The first-order valence-corrected chi connectivity index (χ1v) is 9.59. The van der Waals surface area contributed by atoms with Crippen LogP contribution in [0.5, 0.6) is 0 Å². The molecule has 136 valence electrons. The standard InChI is InChI=1S/C19H22N4O2S/c1-3-14(2)23-18(15-8-5-4-6-9-15)21-22-19(23)26-13-17(24)20-12-16-10-7-11-25-16/h4-11,14H,3,12-13H2,1-2H3,(H,20,24). The molecule has 1 amide bonds. The Morgan fingerprint density at radius 2 is 2.04 bits per heavy atom. The van der Waals surface area contributed by atoms with E-state index in [0.717, 1.165) is 28.7 Å². The monoisotopic (exact) mass is 370 g/mol. The van der Waals surface area contributed by atoms with Crippen molar-refractivity contribution in [2.45, 2.75) is 38.0 Å². The van der Waals surface area contributed by atoms with Crippen LogP contribution in [0, 0.1) is 0 Å². The Morgan fingerprint density at radius 3 is 2.73 bits per heavy atom.